The van der Waals surface area contributed by atoms with Crippen molar-refractivity contribution in [2.45, 2.75) is 18.9 Å². The van der Waals surface area contributed by atoms with Gasteiger partial charge in [-0.15, -0.1) is 5.10 Å². The molecular weight excluding hydrogens is 404 g/mol. The molecule has 0 radical (unpaired) electrons. The SMILES string of the molecule is CN(c1cc2nc(-c3ccco3)nn2c(N)n1)C1CCN(c2ccc(F)cc2F)CC1. The minimum atomic E-state index is -0.571. The summed E-state index contributed by atoms with van der Waals surface area (Å²) in [7, 11) is 1.96. The van der Waals surface area contributed by atoms with Crippen molar-refractivity contribution in [3.63, 3.8) is 0 Å². The third-order valence-corrected chi connectivity index (χ3v) is 5.70. The molecule has 1 saturated heterocycles. The summed E-state index contributed by atoms with van der Waals surface area (Å²) in [6.07, 6.45) is 3.15. The predicted octanol–water partition coefficient (Wildman–Crippen LogP) is 3.35. The molecule has 2 N–H and O–H groups in total. The van der Waals surface area contributed by atoms with E-state index in [0.29, 0.717) is 41.8 Å². The molecule has 10 heteroatoms. The highest BCUT2D eigenvalue weighted by atomic mass is 19.1. The number of anilines is 3. The van der Waals surface area contributed by atoms with Crippen molar-refractivity contribution < 1.29 is 13.2 Å². The maximum Gasteiger partial charge on any atom is 0.225 e. The van der Waals surface area contributed by atoms with Crippen molar-refractivity contribution >= 4 is 23.1 Å². The molecule has 0 saturated carbocycles. The first-order valence-electron chi connectivity index (χ1n) is 9.99. The molecule has 0 aliphatic carbocycles. The van der Waals surface area contributed by atoms with E-state index in [0.717, 1.165) is 18.9 Å². The number of hydrogen-bond donors (Lipinski definition) is 1. The summed E-state index contributed by atoms with van der Waals surface area (Å²) in [6, 6.07) is 9.28. The molecule has 1 fully saturated rings. The van der Waals surface area contributed by atoms with Gasteiger partial charge >= 0.3 is 0 Å². The molecule has 8 nitrogen and oxygen atoms in total. The Bertz CT molecular complexity index is 1220. The molecule has 160 valence electrons. The van der Waals surface area contributed by atoms with E-state index in [4.69, 9.17) is 10.2 Å². The number of halogens is 2. The smallest absolute Gasteiger partial charge is 0.225 e. The summed E-state index contributed by atoms with van der Waals surface area (Å²) in [4.78, 5) is 13.0. The van der Waals surface area contributed by atoms with E-state index in [1.54, 1.807) is 18.4 Å². The molecule has 0 atom stereocenters. The molecule has 1 aliphatic heterocycles. The lowest BCUT2D eigenvalue weighted by Gasteiger charge is -2.38. The normalized spacial score (nSPS) is 15.0. The van der Waals surface area contributed by atoms with Crippen molar-refractivity contribution in [1.29, 1.82) is 0 Å². The summed E-state index contributed by atoms with van der Waals surface area (Å²) < 4.78 is 34.2. The fourth-order valence-electron chi connectivity index (χ4n) is 4.01. The number of rotatable bonds is 4. The second-order valence-electron chi connectivity index (χ2n) is 7.58. The lowest BCUT2D eigenvalue weighted by atomic mass is 10.0. The lowest BCUT2D eigenvalue weighted by Crippen LogP contribution is -2.44. The Hall–Kier alpha value is -3.69. The van der Waals surface area contributed by atoms with Crippen LogP contribution in [0.5, 0.6) is 0 Å². The molecule has 0 amide bonds. The number of fused-ring (bicyclic) bond motifs is 1. The fourth-order valence-corrected chi connectivity index (χ4v) is 4.01. The highest BCUT2D eigenvalue weighted by Crippen LogP contribution is 2.28. The van der Waals surface area contributed by atoms with Gasteiger partial charge in [0, 0.05) is 38.3 Å². The minimum absolute atomic E-state index is 0.196. The predicted molar refractivity (Wildman–Crippen MR) is 113 cm³/mol. The van der Waals surface area contributed by atoms with Crippen LogP contribution in [0.25, 0.3) is 17.2 Å². The average Bonchev–Trinajstić information content (AvgIpc) is 3.43. The molecule has 0 bridgehead atoms. The van der Waals surface area contributed by atoms with Crippen LogP contribution in [0.1, 0.15) is 12.8 Å². The van der Waals surface area contributed by atoms with E-state index < -0.39 is 11.6 Å². The van der Waals surface area contributed by atoms with Gasteiger partial charge < -0.3 is 20.0 Å². The number of nitrogens with zero attached hydrogens (tertiary/aromatic N) is 6. The Morgan fingerprint density at radius 1 is 1.13 bits per heavy atom. The van der Waals surface area contributed by atoms with E-state index in [9.17, 15) is 8.78 Å². The number of piperidine rings is 1. The Kier molecular flexibility index (Phi) is 4.68. The van der Waals surface area contributed by atoms with Crippen LogP contribution in [0.3, 0.4) is 0 Å². The van der Waals surface area contributed by atoms with Gasteiger partial charge in [0.25, 0.3) is 0 Å². The van der Waals surface area contributed by atoms with Gasteiger partial charge in [-0.05, 0) is 37.1 Å². The van der Waals surface area contributed by atoms with Crippen molar-refractivity contribution in [3.8, 4) is 11.6 Å². The van der Waals surface area contributed by atoms with Crippen LogP contribution in [-0.2, 0) is 0 Å². The van der Waals surface area contributed by atoms with E-state index in [-0.39, 0.29) is 12.0 Å². The highest BCUT2D eigenvalue weighted by Gasteiger charge is 2.26. The number of hydrogen-bond acceptors (Lipinski definition) is 7. The van der Waals surface area contributed by atoms with E-state index in [1.807, 2.05) is 18.0 Å². The van der Waals surface area contributed by atoms with Crippen molar-refractivity contribution in [1.82, 2.24) is 19.6 Å². The lowest BCUT2D eigenvalue weighted by molar-refractivity contribution is 0.473. The van der Waals surface area contributed by atoms with Gasteiger partial charge in [0.2, 0.25) is 11.8 Å². The average molecular weight is 425 g/mol. The van der Waals surface area contributed by atoms with Crippen LogP contribution in [0.15, 0.2) is 47.1 Å². The zero-order valence-electron chi connectivity index (χ0n) is 16.9. The molecule has 1 aromatic carbocycles. The molecule has 4 heterocycles. The Morgan fingerprint density at radius 3 is 2.65 bits per heavy atom. The Labute approximate surface area is 176 Å². The summed E-state index contributed by atoms with van der Waals surface area (Å²) in [6.45, 7) is 1.31. The van der Waals surface area contributed by atoms with Gasteiger partial charge in [0.1, 0.15) is 17.5 Å². The van der Waals surface area contributed by atoms with Gasteiger partial charge in [0.15, 0.2) is 11.4 Å². The van der Waals surface area contributed by atoms with E-state index in [1.165, 1.54) is 16.6 Å². The van der Waals surface area contributed by atoms with Crippen LogP contribution >= 0.6 is 0 Å². The molecule has 0 unspecified atom stereocenters. The quantitative estimate of drug-likeness (QED) is 0.536. The number of benzene rings is 1. The van der Waals surface area contributed by atoms with Gasteiger partial charge in [-0.1, -0.05) is 0 Å². The second-order valence-corrected chi connectivity index (χ2v) is 7.58. The minimum Gasteiger partial charge on any atom is -0.461 e. The van der Waals surface area contributed by atoms with Gasteiger partial charge in [-0.3, -0.25) is 0 Å². The van der Waals surface area contributed by atoms with Gasteiger partial charge in [0.05, 0.1) is 12.0 Å². The summed E-state index contributed by atoms with van der Waals surface area (Å²) in [5.74, 6) is 0.807. The zero-order chi connectivity index (χ0) is 21.5. The van der Waals surface area contributed by atoms with Crippen LogP contribution in [0.4, 0.5) is 26.2 Å². The first-order valence-corrected chi connectivity index (χ1v) is 9.99. The van der Waals surface area contributed by atoms with E-state index in [2.05, 4.69) is 20.0 Å². The number of nitrogens with two attached hydrogens (primary N) is 1. The van der Waals surface area contributed by atoms with Crippen LogP contribution in [0, 0.1) is 11.6 Å². The molecule has 31 heavy (non-hydrogen) atoms. The van der Waals surface area contributed by atoms with Crippen molar-refractivity contribution in [2.75, 3.05) is 35.7 Å². The van der Waals surface area contributed by atoms with Crippen molar-refractivity contribution in [2.24, 2.45) is 0 Å². The largest absolute Gasteiger partial charge is 0.461 e. The Morgan fingerprint density at radius 2 is 1.94 bits per heavy atom. The molecular formula is C21H21F2N7O. The molecule has 0 spiro atoms. The summed E-state index contributed by atoms with van der Waals surface area (Å²) in [5, 5.41) is 4.36. The molecule has 3 aromatic heterocycles. The Balaban J connectivity index is 1.34. The fraction of sp³-hybridized carbons (Fsp3) is 0.286. The third-order valence-electron chi connectivity index (χ3n) is 5.70. The summed E-state index contributed by atoms with van der Waals surface area (Å²) in [5.41, 5.74) is 7.14. The molecule has 1 aliphatic rings. The van der Waals surface area contributed by atoms with Crippen molar-refractivity contribution in [3.05, 3.63) is 54.3 Å². The second kappa shape index (κ2) is 7.53. The topological polar surface area (TPSA) is 88.7 Å². The van der Waals surface area contributed by atoms with Crippen LogP contribution in [-0.4, -0.2) is 45.8 Å². The molecule has 5 rings (SSSR count). The summed E-state index contributed by atoms with van der Waals surface area (Å²) >= 11 is 0. The first-order chi connectivity index (χ1) is 15.0. The third kappa shape index (κ3) is 3.54. The van der Waals surface area contributed by atoms with Gasteiger partial charge in [-0.2, -0.15) is 9.50 Å². The monoisotopic (exact) mass is 425 g/mol. The van der Waals surface area contributed by atoms with E-state index >= 15 is 0 Å². The maximum atomic E-state index is 14.1. The van der Waals surface area contributed by atoms with Crippen LogP contribution < -0.4 is 15.5 Å². The maximum absolute atomic E-state index is 14.1. The van der Waals surface area contributed by atoms with Crippen LogP contribution in [0.2, 0.25) is 0 Å². The van der Waals surface area contributed by atoms with Gasteiger partial charge in [-0.25, -0.2) is 13.8 Å². The number of nitrogen functional groups attached to an aromatic ring is 1. The highest BCUT2D eigenvalue weighted by molar-refractivity contribution is 5.60. The molecule has 4 aromatic rings. The first kappa shape index (κ1) is 19.3. The number of furan rings is 1. The number of aromatic nitrogens is 4. The zero-order valence-corrected chi connectivity index (χ0v) is 16.9. The standard InChI is InChI=1S/C21H21F2N7O/c1-28(14-6-8-29(9-7-14)16-5-4-13(22)11-15(16)23)18-12-19-25-20(17-3-2-10-31-17)27-30(19)21(24)26-18/h2-5,10-12,14H,6-9H2,1H3,(H2,24,26).